The van der Waals surface area contributed by atoms with Crippen molar-refractivity contribution >= 4 is 28.3 Å². The number of aryl methyl sites for hydroxylation is 4. The number of rotatable bonds is 8. The van der Waals surface area contributed by atoms with Crippen molar-refractivity contribution in [1.29, 1.82) is 0 Å². The van der Waals surface area contributed by atoms with Gasteiger partial charge in [0.25, 0.3) is 0 Å². The fourth-order valence-electron chi connectivity index (χ4n) is 7.91. The van der Waals surface area contributed by atoms with Gasteiger partial charge in [-0.1, -0.05) is 49.4 Å². The monoisotopic (exact) mass is 668 g/mol. The van der Waals surface area contributed by atoms with E-state index in [1.54, 1.807) is 20.3 Å². The summed E-state index contributed by atoms with van der Waals surface area (Å²) in [6, 6.07) is 23.5. The van der Waals surface area contributed by atoms with Crippen LogP contribution in [0.2, 0.25) is 0 Å². The van der Waals surface area contributed by atoms with Gasteiger partial charge in [-0.2, -0.15) is 0 Å². The standard InChI is InChI=1S/C43H40O7/c1-23-18-31-32(19-24(23)2)40-38(39-37(31)33-20-25(3)26(4)21-35(33)42(39,5)17-16-36(44)45)34(41(46)47)22-43(50-40,27-8-12-29(48-6)13-9-27)28-10-14-30(49-7)15-11-28/h8-15,18-22H,16-17H2,1-7H3,(H,44,45)(H,46,47). The first-order valence-electron chi connectivity index (χ1n) is 16.7. The Hall–Kier alpha value is -5.56. The number of hydrogen-bond acceptors (Lipinski definition) is 5. The summed E-state index contributed by atoms with van der Waals surface area (Å²) in [5, 5.41) is 22.9. The zero-order valence-electron chi connectivity index (χ0n) is 29.4. The molecule has 0 aromatic heterocycles. The summed E-state index contributed by atoms with van der Waals surface area (Å²) >= 11 is 0. The number of hydrogen-bond donors (Lipinski definition) is 2. The largest absolute Gasteiger partial charge is 0.497 e. The molecule has 7 rings (SSSR count). The lowest BCUT2D eigenvalue weighted by Gasteiger charge is -2.40. The summed E-state index contributed by atoms with van der Waals surface area (Å²) in [4.78, 5) is 25.9. The number of aliphatic carboxylic acids is 2. The highest BCUT2D eigenvalue weighted by molar-refractivity contribution is 6.22. The van der Waals surface area contributed by atoms with Crippen molar-refractivity contribution in [2.45, 2.75) is 58.5 Å². The third-order valence-corrected chi connectivity index (χ3v) is 10.9. The number of ether oxygens (including phenoxy) is 3. The Morgan fingerprint density at radius 2 is 1.24 bits per heavy atom. The summed E-state index contributed by atoms with van der Waals surface area (Å²) in [7, 11) is 3.20. The second kappa shape index (κ2) is 11.8. The van der Waals surface area contributed by atoms with Gasteiger partial charge >= 0.3 is 11.9 Å². The zero-order valence-corrected chi connectivity index (χ0v) is 29.4. The first kappa shape index (κ1) is 33.0. The van der Waals surface area contributed by atoms with Crippen LogP contribution in [0.5, 0.6) is 17.2 Å². The molecule has 0 radical (unpaired) electrons. The zero-order chi connectivity index (χ0) is 35.7. The van der Waals surface area contributed by atoms with Crippen molar-refractivity contribution in [2.75, 3.05) is 14.2 Å². The van der Waals surface area contributed by atoms with Crippen molar-refractivity contribution < 1.29 is 34.0 Å². The van der Waals surface area contributed by atoms with Gasteiger partial charge in [0.05, 0.1) is 19.8 Å². The molecule has 2 aliphatic rings. The first-order valence-corrected chi connectivity index (χ1v) is 16.7. The smallest absolute Gasteiger partial charge is 0.336 e. The summed E-state index contributed by atoms with van der Waals surface area (Å²) in [6.45, 7) is 10.3. The minimum absolute atomic E-state index is 0.0867. The molecular weight excluding hydrogens is 628 g/mol. The number of methoxy groups -OCH3 is 2. The van der Waals surface area contributed by atoms with E-state index < -0.39 is 23.0 Å². The summed E-state index contributed by atoms with van der Waals surface area (Å²) in [6.07, 6.45) is 1.91. The highest BCUT2D eigenvalue weighted by atomic mass is 16.5. The van der Waals surface area contributed by atoms with Crippen LogP contribution in [0.1, 0.15) is 69.8 Å². The highest BCUT2D eigenvalue weighted by Crippen LogP contribution is 2.61. The van der Waals surface area contributed by atoms with Crippen LogP contribution in [-0.4, -0.2) is 36.4 Å². The van der Waals surface area contributed by atoms with Crippen LogP contribution >= 0.6 is 0 Å². The number of carbonyl (C=O) groups is 2. The Labute approximate surface area is 291 Å². The molecule has 0 saturated carbocycles. The molecular formula is C43H40O7. The van der Waals surface area contributed by atoms with E-state index in [0.717, 1.165) is 55.3 Å². The molecule has 7 heteroatoms. The quantitative estimate of drug-likeness (QED) is 0.170. The Bertz CT molecular complexity index is 2210. The van der Waals surface area contributed by atoms with Gasteiger partial charge < -0.3 is 24.4 Å². The molecule has 7 nitrogen and oxygen atoms in total. The van der Waals surface area contributed by atoms with Gasteiger partial charge in [-0.3, -0.25) is 4.79 Å². The van der Waals surface area contributed by atoms with Gasteiger partial charge in [0.1, 0.15) is 17.2 Å². The van der Waals surface area contributed by atoms with E-state index in [9.17, 15) is 19.8 Å². The topological polar surface area (TPSA) is 102 Å². The van der Waals surface area contributed by atoms with Gasteiger partial charge in [0, 0.05) is 33.9 Å². The normalized spacial score (nSPS) is 16.9. The molecule has 5 aromatic rings. The van der Waals surface area contributed by atoms with Gasteiger partial charge in [-0.05, 0) is 120 Å². The number of carboxylic acids is 2. The Morgan fingerprint density at radius 3 is 1.76 bits per heavy atom. The van der Waals surface area contributed by atoms with Gasteiger partial charge in [0.2, 0.25) is 0 Å². The Balaban J connectivity index is 1.66. The molecule has 1 aliphatic heterocycles. The maximum absolute atomic E-state index is 13.7. The van der Waals surface area contributed by atoms with E-state index in [0.29, 0.717) is 33.9 Å². The molecule has 50 heavy (non-hydrogen) atoms. The molecule has 0 spiro atoms. The van der Waals surface area contributed by atoms with Gasteiger partial charge in [0.15, 0.2) is 5.60 Å². The van der Waals surface area contributed by atoms with Crippen molar-refractivity contribution in [3.05, 3.63) is 129 Å². The lowest BCUT2D eigenvalue weighted by Crippen LogP contribution is -2.37. The average Bonchev–Trinajstić information content (AvgIpc) is 3.35. The molecule has 1 aliphatic carbocycles. The fraction of sp³-hybridized carbons (Fsp3) is 0.256. The minimum atomic E-state index is -1.35. The summed E-state index contributed by atoms with van der Waals surface area (Å²) < 4.78 is 18.3. The molecule has 0 amide bonds. The molecule has 254 valence electrons. The maximum atomic E-state index is 13.7. The second-order valence-electron chi connectivity index (χ2n) is 13.8. The van der Waals surface area contributed by atoms with Crippen LogP contribution in [0.15, 0.2) is 78.9 Å². The fourth-order valence-corrected chi connectivity index (χ4v) is 7.91. The van der Waals surface area contributed by atoms with Gasteiger partial charge in [-0.25, -0.2) is 4.79 Å². The summed E-state index contributed by atoms with van der Waals surface area (Å²) in [5.74, 6) is -0.241. The molecule has 1 unspecified atom stereocenters. The first-order chi connectivity index (χ1) is 23.8. The molecule has 1 heterocycles. The van der Waals surface area contributed by atoms with E-state index in [2.05, 4.69) is 52.0 Å². The molecule has 2 N–H and O–H groups in total. The van der Waals surface area contributed by atoms with E-state index >= 15 is 0 Å². The molecule has 0 saturated heterocycles. The number of benzene rings is 5. The van der Waals surface area contributed by atoms with Crippen molar-refractivity contribution in [3.8, 4) is 28.4 Å². The maximum Gasteiger partial charge on any atom is 0.336 e. The van der Waals surface area contributed by atoms with Crippen LogP contribution in [0.3, 0.4) is 0 Å². The average molecular weight is 669 g/mol. The van der Waals surface area contributed by atoms with E-state index in [-0.39, 0.29) is 18.4 Å². The lowest BCUT2D eigenvalue weighted by molar-refractivity contribution is -0.137. The molecule has 1 atom stereocenters. The van der Waals surface area contributed by atoms with Gasteiger partial charge in [-0.15, -0.1) is 0 Å². The van der Waals surface area contributed by atoms with E-state index in [1.165, 1.54) is 0 Å². The van der Waals surface area contributed by atoms with Crippen LogP contribution in [0, 0.1) is 27.7 Å². The third-order valence-electron chi connectivity index (χ3n) is 10.9. The van der Waals surface area contributed by atoms with Crippen LogP contribution in [-0.2, 0) is 20.6 Å². The van der Waals surface area contributed by atoms with Crippen molar-refractivity contribution in [1.82, 2.24) is 0 Å². The number of fused-ring (bicyclic) bond motifs is 8. The van der Waals surface area contributed by atoms with Crippen LogP contribution in [0.25, 0.3) is 27.5 Å². The Morgan fingerprint density at radius 1 is 0.720 bits per heavy atom. The lowest BCUT2D eigenvalue weighted by atomic mass is 9.71. The predicted octanol–water partition coefficient (Wildman–Crippen LogP) is 9.05. The van der Waals surface area contributed by atoms with Crippen LogP contribution in [0.4, 0.5) is 0 Å². The molecule has 5 aromatic carbocycles. The minimum Gasteiger partial charge on any atom is -0.497 e. The van der Waals surface area contributed by atoms with Crippen molar-refractivity contribution in [2.24, 2.45) is 0 Å². The molecule has 0 fully saturated rings. The SMILES string of the molecule is COc1ccc(C2(c3ccc(OC)cc3)C=C(C(=O)O)c3c4c(c5cc(C)c(C)cc5c3O2)-c2cc(C)c(C)cc2C4(C)CCC(=O)O)cc1. The Kier molecular flexibility index (Phi) is 7.78. The number of carboxylic acid groups (broad SMARTS) is 2. The second-order valence-corrected chi connectivity index (χ2v) is 13.8. The van der Waals surface area contributed by atoms with E-state index in [1.807, 2.05) is 55.5 Å². The molecule has 0 bridgehead atoms. The van der Waals surface area contributed by atoms with Crippen molar-refractivity contribution in [3.63, 3.8) is 0 Å². The summed E-state index contributed by atoms with van der Waals surface area (Å²) in [5.41, 5.74) is 7.89. The third kappa shape index (κ3) is 4.86. The highest BCUT2D eigenvalue weighted by Gasteiger charge is 2.49. The van der Waals surface area contributed by atoms with Crippen LogP contribution < -0.4 is 14.2 Å². The predicted molar refractivity (Wildman–Crippen MR) is 195 cm³/mol. The van der Waals surface area contributed by atoms with E-state index in [4.69, 9.17) is 14.2 Å².